The third kappa shape index (κ3) is 9.06. The minimum Gasteiger partial charge on any atom is -0.451 e. The van der Waals surface area contributed by atoms with E-state index < -0.39 is 43.1 Å². The van der Waals surface area contributed by atoms with Crippen molar-refractivity contribution in [1.29, 1.82) is 5.41 Å². The molecule has 0 radical (unpaired) electrons. The van der Waals surface area contributed by atoms with Gasteiger partial charge >= 0.3 is 12.1 Å². The van der Waals surface area contributed by atoms with E-state index in [1.165, 1.54) is 0 Å². The van der Waals surface area contributed by atoms with E-state index in [0.717, 1.165) is 0 Å². The van der Waals surface area contributed by atoms with Gasteiger partial charge in [0.15, 0.2) is 12.1 Å². The van der Waals surface area contributed by atoms with Crippen molar-refractivity contribution >= 4 is 18.2 Å². The Morgan fingerprint density at radius 2 is 1.73 bits per heavy atom. The van der Waals surface area contributed by atoms with Gasteiger partial charge in [-0.1, -0.05) is 0 Å². The summed E-state index contributed by atoms with van der Waals surface area (Å²) < 4.78 is 39.6. The molecule has 0 aromatic heterocycles. The van der Waals surface area contributed by atoms with Crippen LogP contribution in [0, 0.1) is 5.41 Å². The van der Waals surface area contributed by atoms with Crippen molar-refractivity contribution in [2.45, 2.75) is 30.5 Å². The predicted molar refractivity (Wildman–Crippen MR) is 65.2 cm³/mol. The van der Waals surface area contributed by atoms with E-state index in [-0.39, 0.29) is 12.2 Å². The number of rotatable bonds is 6. The summed E-state index contributed by atoms with van der Waals surface area (Å²) in [4.78, 5) is 20.9. The number of aliphatic hydroxyl groups excluding tert-OH is 3. The Labute approximate surface area is 122 Å². The van der Waals surface area contributed by atoms with E-state index in [9.17, 15) is 27.9 Å². The zero-order valence-electron chi connectivity index (χ0n) is 11.0. The number of nitrogens with two attached hydrogens (primary N) is 3. The Morgan fingerprint density at radius 3 is 2.00 bits per heavy atom. The van der Waals surface area contributed by atoms with Crippen LogP contribution in [0.25, 0.3) is 0 Å². The molecular formula is C9H17F3N4O6. The molecule has 130 valence electrons. The smallest absolute Gasteiger partial charge is 0.451 e. The number of carbonyl (C=O) groups excluding carboxylic acids is 2. The van der Waals surface area contributed by atoms with Crippen molar-refractivity contribution in [2.24, 2.45) is 17.2 Å². The lowest BCUT2D eigenvalue weighted by molar-refractivity contribution is -0.213. The van der Waals surface area contributed by atoms with Crippen LogP contribution < -0.4 is 17.2 Å². The normalized spacial score (nSPS) is 16.3. The fourth-order valence-corrected chi connectivity index (χ4v) is 0.971. The summed E-state index contributed by atoms with van der Waals surface area (Å²) >= 11 is 0. The van der Waals surface area contributed by atoms with Gasteiger partial charge in [0.1, 0.15) is 24.5 Å². The number of hydrogen-bond donors (Lipinski definition) is 7. The van der Waals surface area contributed by atoms with Gasteiger partial charge in [-0.05, 0) is 0 Å². The van der Waals surface area contributed by atoms with E-state index >= 15 is 0 Å². The van der Waals surface area contributed by atoms with Crippen molar-refractivity contribution in [3.63, 3.8) is 0 Å². The molecule has 0 aliphatic rings. The summed E-state index contributed by atoms with van der Waals surface area (Å²) in [5.41, 5.74) is 14.0. The Balaban J connectivity index is 0. The first-order valence-corrected chi connectivity index (χ1v) is 5.43. The molecular weight excluding hydrogens is 317 g/mol. The van der Waals surface area contributed by atoms with Crippen LogP contribution in [-0.2, 0) is 14.3 Å². The van der Waals surface area contributed by atoms with Crippen LogP contribution in [0.1, 0.15) is 0 Å². The average molecular weight is 334 g/mol. The van der Waals surface area contributed by atoms with Gasteiger partial charge in [-0.2, -0.15) is 13.2 Å². The lowest BCUT2D eigenvalue weighted by Crippen LogP contribution is -2.53. The van der Waals surface area contributed by atoms with E-state index in [0.29, 0.717) is 0 Å². The predicted octanol–water partition coefficient (Wildman–Crippen LogP) is -3.46. The van der Waals surface area contributed by atoms with Crippen molar-refractivity contribution in [2.75, 3.05) is 6.61 Å². The first kappa shape index (κ1) is 22.3. The number of aldehydes is 1. The van der Waals surface area contributed by atoms with Gasteiger partial charge in [0.25, 0.3) is 0 Å². The maximum atomic E-state index is 11.9. The Bertz CT molecular complexity index is 377. The summed E-state index contributed by atoms with van der Waals surface area (Å²) in [6.07, 6.45) is -11.6. The van der Waals surface area contributed by atoms with Crippen molar-refractivity contribution in [3.8, 4) is 0 Å². The van der Waals surface area contributed by atoms with Crippen molar-refractivity contribution in [1.82, 2.24) is 0 Å². The van der Waals surface area contributed by atoms with Crippen LogP contribution in [0.2, 0.25) is 0 Å². The number of alkyl halides is 3. The summed E-state index contributed by atoms with van der Waals surface area (Å²) in [5, 5.41) is 32.9. The molecule has 0 aromatic carbocycles. The summed E-state index contributed by atoms with van der Waals surface area (Å²) in [5.74, 6) is -3.01. The molecule has 0 bridgehead atoms. The second-order valence-corrected chi connectivity index (χ2v) is 3.78. The van der Waals surface area contributed by atoms with Gasteiger partial charge in [0.2, 0.25) is 0 Å². The number of carbonyl (C=O) groups is 2. The summed E-state index contributed by atoms with van der Waals surface area (Å²) in [7, 11) is 0. The van der Waals surface area contributed by atoms with Crippen LogP contribution in [0.15, 0.2) is 0 Å². The second-order valence-electron chi connectivity index (χ2n) is 3.78. The monoisotopic (exact) mass is 334 g/mol. The topological polar surface area (TPSA) is 206 Å². The number of aliphatic hydroxyl groups is 3. The van der Waals surface area contributed by atoms with Gasteiger partial charge in [-0.15, -0.1) is 0 Å². The molecule has 0 amide bonds. The zero-order chi connectivity index (χ0) is 18.1. The Morgan fingerprint density at radius 1 is 1.32 bits per heavy atom. The number of esters is 1. The highest BCUT2D eigenvalue weighted by Gasteiger charge is 2.45. The van der Waals surface area contributed by atoms with Crippen LogP contribution in [0.3, 0.4) is 0 Å². The van der Waals surface area contributed by atoms with Crippen LogP contribution in [-0.4, -0.2) is 70.7 Å². The van der Waals surface area contributed by atoms with E-state index in [4.69, 9.17) is 21.4 Å². The quantitative estimate of drug-likeness (QED) is 0.111. The van der Waals surface area contributed by atoms with Crippen LogP contribution in [0.4, 0.5) is 13.2 Å². The molecule has 0 aliphatic carbocycles. The molecule has 0 rings (SSSR count). The highest BCUT2D eigenvalue weighted by molar-refractivity contribution is 5.76. The first-order chi connectivity index (χ1) is 9.88. The number of guanidine groups is 1. The molecule has 0 unspecified atom stereocenters. The fourth-order valence-electron chi connectivity index (χ4n) is 0.971. The van der Waals surface area contributed by atoms with Gasteiger partial charge in [0.05, 0.1) is 6.61 Å². The molecule has 0 fully saturated rings. The molecule has 0 aliphatic heterocycles. The molecule has 4 atom stereocenters. The lowest BCUT2D eigenvalue weighted by Gasteiger charge is -2.27. The third-order valence-corrected chi connectivity index (χ3v) is 1.93. The maximum absolute atomic E-state index is 11.9. The number of hydrogen-bond acceptors (Lipinski definition) is 8. The number of halogens is 3. The largest absolute Gasteiger partial charge is 0.490 e. The van der Waals surface area contributed by atoms with Crippen molar-refractivity contribution < 1.29 is 42.8 Å². The van der Waals surface area contributed by atoms with Gasteiger partial charge < -0.3 is 42.1 Å². The average Bonchev–Trinajstić information content (AvgIpc) is 2.40. The SMILES string of the molecule is N=C(N)N.N[C@@H](C=O)[C@@H](OC(=O)C(F)(F)F)[C@H](O)[C@H](O)CO. The van der Waals surface area contributed by atoms with E-state index in [1.807, 2.05) is 0 Å². The highest BCUT2D eigenvalue weighted by Crippen LogP contribution is 2.19. The highest BCUT2D eigenvalue weighted by atomic mass is 19.4. The van der Waals surface area contributed by atoms with Crippen molar-refractivity contribution in [3.05, 3.63) is 0 Å². The molecule has 13 heteroatoms. The Hall–Kier alpha value is -1.96. The van der Waals surface area contributed by atoms with Gasteiger partial charge in [0, 0.05) is 0 Å². The Kier molecular flexibility index (Phi) is 10.0. The molecule has 22 heavy (non-hydrogen) atoms. The van der Waals surface area contributed by atoms with Gasteiger partial charge in [-0.25, -0.2) is 4.79 Å². The number of ether oxygens (including phenoxy) is 1. The molecule has 0 aromatic rings. The molecule has 0 heterocycles. The first-order valence-electron chi connectivity index (χ1n) is 5.43. The lowest BCUT2D eigenvalue weighted by atomic mass is 10.0. The van der Waals surface area contributed by atoms with Gasteiger partial charge in [-0.3, -0.25) is 5.41 Å². The van der Waals surface area contributed by atoms with E-state index in [2.05, 4.69) is 16.2 Å². The fraction of sp³-hybridized carbons (Fsp3) is 0.667. The molecule has 10 N–H and O–H groups in total. The maximum Gasteiger partial charge on any atom is 0.490 e. The molecule has 0 saturated heterocycles. The summed E-state index contributed by atoms with van der Waals surface area (Å²) in [6, 6.07) is -1.78. The second kappa shape index (κ2) is 9.88. The zero-order valence-corrected chi connectivity index (χ0v) is 11.0. The van der Waals surface area contributed by atoms with E-state index in [1.54, 1.807) is 0 Å². The standard InChI is InChI=1S/C8H12F3NO6.CH5N3/c9-8(10,11)7(17)18-6(3(12)1-13)5(16)4(15)2-14;2-1(3)4/h1,3-6,14-16H,2,12H2;(H5,2,3,4)/t3-,4+,5+,6+;/m0./s1. The molecule has 0 spiro atoms. The molecule has 0 saturated carbocycles. The number of nitrogens with one attached hydrogen (secondary N) is 1. The minimum atomic E-state index is -5.34. The van der Waals surface area contributed by atoms with Crippen LogP contribution in [0.5, 0.6) is 0 Å². The minimum absolute atomic E-state index is 0.0678. The van der Waals surface area contributed by atoms with Crippen LogP contribution >= 0.6 is 0 Å². The summed E-state index contributed by atoms with van der Waals surface area (Å²) in [6.45, 7) is -1.02. The molecule has 10 nitrogen and oxygen atoms in total. The third-order valence-electron chi connectivity index (χ3n) is 1.93.